The van der Waals surface area contributed by atoms with E-state index in [0.717, 1.165) is 16.5 Å². The molecule has 1 N–H and O–H groups in total. The third kappa shape index (κ3) is 2.59. The first-order chi connectivity index (χ1) is 9.17. The molecule has 1 aromatic carbocycles. The zero-order chi connectivity index (χ0) is 13.8. The highest BCUT2D eigenvalue weighted by Gasteiger charge is 2.15. The highest BCUT2D eigenvalue weighted by Crippen LogP contribution is 2.24. The Bertz CT molecular complexity index is 615. The highest BCUT2D eigenvalue weighted by atomic mass is 16.5. The number of H-pyrrole nitrogens is 1. The predicted octanol–water partition coefficient (Wildman–Crippen LogP) is 2.06. The van der Waals surface area contributed by atoms with Crippen molar-refractivity contribution >= 4 is 22.8 Å². The van der Waals surface area contributed by atoms with Gasteiger partial charge in [0.05, 0.1) is 19.8 Å². The van der Waals surface area contributed by atoms with Crippen molar-refractivity contribution in [3.8, 4) is 0 Å². The fraction of sp³-hybridized carbons (Fsp3) is 0.286. The topological polar surface area (TPSA) is 68.4 Å². The molecule has 0 radical (unpaired) electrons. The Hall–Kier alpha value is -2.30. The van der Waals surface area contributed by atoms with Crippen molar-refractivity contribution in [2.75, 3.05) is 14.2 Å². The Labute approximate surface area is 110 Å². The zero-order valence-corrected chi connectivity index (χ0v) is 10.9. The van der Waals surface area contributed by atoms with Gasteiger partial charge in [-0.2, -0.15) is 0 Å². The molecule has 0 saturated carbocycles. The summed E-state index contributed by atoms with van der Waals surface area (Å²) in [6, 6.07) is 5.38. The molecule has 0 saturated heterocycles. The largest absolute Gasteiger partial charge is 0.469 e. The average molecular weight is 261 g/mol. The van der Waals surface area contributed by atoms with Crippen LogP contribution in [0.4, 0.5) is 0 Å². The molecule has 0 fully saturated rings. The van der Waals surface area contributed by atoms with Gasteiger partial charge in [0.1, 0.15) is 0 Å². The lowest BCUT2D eigenvalue weighted by atomic mass is 10.0. The number of hydrogen-bond acceptors (Lipinski definition) is 4. The third-order valence-electron chi connectivity index (χ3n) is 3.02. The van der Waals surface area contributed by atoms with Gasteiger partial charge in [-0.15, -0.1) is 0 Å². The van der Waals surface area contributed by atoms with Crippen molar-refractivity contribution in [2.24, 2.45) is 0 Å². The van der Waals surface area contributed by atoms with Crippen molar-refractivity contribution in [2.45, 2.75) is 12.8 Å². The fourth-order valence-corrected chi connectivity index (χ4v) is 2.07. The molecule has 1 aromatic heterocycles. The molecule has 2 aromatic rings. The SMILES string of the molecule is COC(=O)CCc1c[nH]c2cccc(C(=O)OC)c12. The van der Waals surface area contributed by atoms with Gasteiger partial charge in [-0.3, -0.25) is 4.79 Å². The molecule has 0 amide bonds. The number of aromatic amines is 1. The van der Waals surface area contributed by atoms with Gasteiger partial charge >= 0.3 is 11.9 Å². The number of carbonyl (C=O) groups is 2. The van der Waals surface area contributed by atoms with Crippen molar-refractivity contribution in [3.05, 3.63) is 35.5 Å². The molecule has 0 unspecified atom stereocenters. The fourth-order valence-electron chi connectivity index (χ4n) is 2.07. The minimum atomic E-state index is -0.385. The van der Waals surface area contributed by atoms with Crippen LogP contribution in [-0.4, -0.2) is 31.1 Å². The Kier molecular flexibility index (Phi) is 3.85. The Morgan fingerprint density at radius 2 is 2.00 bits per heavy atom. The summed E-state index contributed by atoms with van der Waals surface area (Å²) in [5.74, 6) is -0.658. The quantitative estimate of drug-likeness (QED) is 0.855. The van der Waals surface area contributed by atoms with Crippen LogP contribution in [0.5, 0.6) is 0 Å². The number of rotatable bonds is 4. The first kappa shape index (κ1) is 13.1. The monoisotopic (exact) mass is 261 g/mol. The van der Waals surface area contributed by atoms with E-state index >= 15 is 0 Å². The van der Waals surface area contributed by atoms with E-state index in [-0.39, 0.29) is 18.4 Å². The summed E-state index contributed by atoms with van der Waals surface area (Å²) in [5.41, 5.74) is 2.25. The summed E-state index contributed by atoms with van der Waals surface area (Å²) < 4.78 is 9.39. The van der Waals surface area contributed by atoms with Gasteiger partial charge in [-0.1, -0.05) is 6.07 Å². The maximum absolute atomic E-state index is 11.7. The number of methoxy groups -OCH3 is 2. The molecule has 0 aliphatic carbocycles. The van der Waals surface area contributed by atoms with Gasteiger partial charge in [0.2, 0.25) is 0 Å². The molecular weight excluding hydrogens is 246 g/mol. The van der Waals surface area contributed by atoms with E-state index < -0.39 is 0 Å². The van der Waals surface area contributed by atoms with E-state index in [4.69, 9.17) is 4.74 Å². The molecule has 0 spiro atoms. The first-order valence-electron chi connectivity index (χ1n) is 5.91. The number of nitrogens with one attached hydrogen (secondary N) is 1. The molecule has 5 nitrogen and oxygen atoms in total. The average Bonchev–Trinajstić information content (AvgIpc) is 2.87. The van der Waals surface area contributed by atoms with Crippen LogP contribution >= 0.6 is 0 Å². The Morgan fingerprint density at radius 3 is 2.68 bits per heavy atom. The van der Waals surface area contributed by atoms with Crippen LogP contribution in [-0.2, 0) is 20.7 Å². The number of fused-ring (bicyclic) bond motifs is 1. The van der Waals surface area contributed by atoms with E-state index in [0.29, 0.717) is 12.0 Å². The molecule has 1 heterocycles. The lowest BCUT2D eigenvalue weighted by molar-refractivity contribution is -0.140. The second kappa shape index (κ2) is 5.56. The minimum Gasteiger partial charge on any atom is -0.469 e. The Balaban J connectivity index is 2.39. The summed E-state index contributed by atoms with van der Waals surface area (Å²) in [6.07, 6.45) is 2.60. The van der Waals surface area contributed by atoms with Crippen LogP contribution in [0, 0.1) is 0 Å². The molecule has 0 atom stereocenters. The number of ether oxygens (including phenoxy) is 2. The predicted molar refractivity (Wildman–Crippen MR) is 70.0 cm³/mol. The van der Waals surface area contributed by atoms with Crippen LogP contribution in [0.3, 0.4) is 0 Å². The standard InChI is InChI=1S/C14H15NO4/c1-18-12(16)7-6-9-8-15-11-5-3-4-10(13(9)11)14(17)19-2/h3-5,8,15H,6-7H2,1-2H3. The van der Waals surface area contributed by atoms with Crippen LogP contribution < -0.4 is 0 Å². The number of hydrogen-bond donors (Lipinski definition) is 1. The van der Waals surface area contributed by atoms with Gasteiger partial charge < -0.3 is 14.5 Å². The summed E-state index contributed by atoms with van der Waals surface area (Å²) in [7, 11) is 2.71. The van der Waals surface area contributed by atoms with Crippen molar-refractivity contribution in [3.63, 3.8) is 0 Å². The highest BCUT2D eigenvalue weighted by molar-refractivity contribution is 6.05. The zero-order valence-electron chi connectivity index (χ0n) is 10.9. The summed E-state index contributed by atoms with van der Waals surface area (Å²) in [6.45, 7) is 0. The molecule has 0 aliphatic heterocycles. The smallest absolute Gasteiger partial charge is 0.338 e. The maximum Gasteiger partial charge on any atom is 0.338 e. The first-order valence-corrected chi connectivity index (χ1v) is 5.91. The van der Waals surface area contributed by atoms with Crippen LogP contribution in [0.1, 0.15) is 22.3 Å². The molecule has 2 rings (SSSR count). The summed E-state index contributed by atoms with van der Waals surface area (Å²) >= 11 is 0. The lowest BCUT2D eigenvalue weighted by Crippen LogP contribution is -2.04. The molecule has 0 bridgehead atoms. The van der Waals surface area contributed by atoms with E-state index in [9.17, 15) is 9.59 Å². The van der Waals surface area contributed by atoms with Gasteiger partial charge in [0.15, 0.2) is 0 Å². The van der Waals surface area contributed by atoms with Crippen molar-refractivity contribution < 1.29 is 19.1 Å². The van der Waals surface area contributed by atoms with E-state index in [1.54, 1.807) is 18.3 Å². The summed E-state index contributed by atoms with van der Waals surface area (Å²) in [5, 5.41) is 0.804. The Morgan fingerprint density at radius 1 is 1.21 bits per heavy atom. The molecule has 19 heavy (non-hydrogen) atoms. The van der Waals surface area contributed by atoms with Crippen LogP contribution in [0.15, 0.2) is 24.4 Å². The molecule has 0 aliphatic rings. The molecular formula is C14H15NO4. The number of aryl methyl sites for hydroxylation is 1. The molecule has 100 valence electrons. The number of aromatic nitrogens is 1. The van der Waals surface area contributed by atoms with Crippen LogP contribution in [0.2, 0.25) is 0 Å². The number of carbonyl (C=O) groups excluding carboxylic acids is 2. The van der Waals surface area contributed by atoms with Gasteiger partial charge in [-0.05, 0) is 24.1 Å². The second-order valence-corrected chi connectivity index (χ2v) is 4.11. The van der Waals surface area contributed by atoms with Crippen molar-refractivity contribution in [1.29, 1.82) is 0 Å². The van der Waals surface area contributed by atoms with Gasteiger partial charge in [0.25, 0.3) is 0 Å². The van der Waals surface area contributed by atoms with Gasteiger partial charge in [-0.25, -0.2) is 4.79 Å². The minimum absolute atomic E-state index is 0.273. The van der Waals surface area contributed by atoms with E-state index in [1.807, 2.05) is 6.07 Å². The van der Waals surface area contributed by atoms with Crippen molar-refractivity contribution in [1.82, 2.24) is 4.98 Å². The maximum atomic E-state index is 11.7. The molecule has 5 heteroatoms. The number of esters is 2. The number of benzene rings is 1. The normalized spacial score (nSPS) is 10.4. The van der Waals surface area contributed by atoms with E-state index in [1.165, 1.54) is 14.2 Å². The van der Waals surface area contributed by atoms with Gasteiger partial charge in [0, 0.05) is 23.5 Å². The third-order valence-corrected chi connectivity index (χ3v) is 3.02. The van der Waals surface area contributed by atoms with Crippen LogP contribution in [0.25, 0.3) is 10.9 Å². The summed E-state index contributed by atoms with van der Waals surface area (Å²) in [4.78, 5) is 26.0. The van der Waals surface area contributed by atoms with E-state index in [2.05, 4.69) is 9.72 Å². The second-order valence-electron chi connectivity index (χ2n) is 4.11. The lowest BCUT2D eigenvalue weighted by Gasteiger charge is -2.04.